The Balaban J connectivity index is 0.000000140. The third-order valence-corrected chi connectivity index (χ3v) is 17.3. The maximum atomic E-state index is 2.37. The Kier molecular flexibility index (Phi) is 15.8. The Labute approximate surface area is 504 Å². The highest BCUT2D eigenvalue weighted by Gasteiger charge is 2.24. The number of rotatable bonds is 3. The zero-order chi connectivity index (χ0) is 60.3. The molecule has 0 saturated heterocycles. The van der Waals surface area contributed by atoms with Crippen LogP contribution < -0.4 is 0 Å². The Morgan fingerprint density at radius 1 is 0.202 bits per heavy atom. The van der Waals surface area contributed by atoms with Crippen LogP contribution in [0.3, 0.4) is 0 Å². The van der Waals surface area contributed by atoms with E-state index in [1.807, 2.05) is 0 Å². The second-order valence-corrected chi connectivity index (χ2v) is 29.9. The zero-order valence-corrected chi connectivity index (χ0v) is 53.8. The summed E-state index contributed by atoms with van der Waals surface area (Å²) in [5, 5.41) is 16.0. The Morgan fingerprint density at radius 2 is 0.607 bits per heavy atom. The predicted octanol–water partition coefficient (Wildman–Crippen LogP) is 24.8. The van der Waals surface area contributed by atoms with Gasteiger partial charge < -0.3 is 0 Å². The Bertz CT molecular complexity index is 4350. The van der Waals surface area contributed by atoms with Crippen molar-refractivity contribution in [2.75, 3.05) is 0 Å². The third kappa shape index (κ3) is 12.4. The molecule has 0 saturated carbocycles. The molecule has 0 bridgehead atoms. The van der Waals surface area contributed by atoms with Crippen LogP contribution in [0, 0.1) is 0 Å². The summed E-state index contributed by atoms with van der Waals surface area (Å²) in [5.41, 5.74) is 17.0. The molecule has 12 aromatic rings. The number of benzene rings is 12. The van der Waals surface area contributed by atoms with Gasteiger partial charge in [-0.2, -0.15) is 0 Å². The van der Waals surface area contributed by atoms with Gasteiger partial charge in [0.05, 0.1) is 0 Å². The monoisotopic (exact) mass is 1100 g/mol. The third-order valence-electron chi connectivity index (χ3n) is 17.3. The molecule has 0 fully saturated rings. The summed E-state index contributed by atoms with van der Waals surface area (Å²) in [6.45, 7) is 41.0. The predicted molar refractivity (Wildman–Crippen MR) is 373 cm³/mol. The summed E-state index contributed by atoms with van der Waals surface area (Å²) < 4.78 is 0. The van der Waals surface area contributed by atoms with Gasteiger partial charge in [0, 0.05) is 0 Å². The minimum Gasteiger partial charge on any atom is -0.0616 e. The average molecular weight is 1100 g/mol. The van der Waals surface area contributed by atoms with Crippen molar-refractivity contribution < 1.29 is 0 Å². The molecule has 0 aliphatic carbocycles. The first-order valence-electron chi connectivity index (χ1n) is 30.6. The van der Waals surface area contributed by atoms with Crippen molar-refractivity contribution in [3.05, 3.63) is 252 Å². The molecule has 426 valence electrons. The van der Waals surface area contributed by atoms with Crippen LogP contribution in [-0.2, 0) is 32.5 Å². The van der Waals surface area contributed by atoms with Gasteiger partial charge in [-0.1, -0.05) is 325 Å². The summed E-state index contributed by atoms with van der Waals surface area (Å²) in [4.78, 5) is 0. The van der Waals surface area contributed by atoms with Gasteiger partial charge in [0.1, 0.15) is 0 Å². The summed E-state index contributed by atoms with van der Waals surface area (Å²) >= 11 is 0. The van der Waals surface area contributed by atoms with E-state index in [0.717, 1.165) is 0 Å². The SMILES string of the molecule is CC(C)(C)c1ccc(-c2c3ccccc3cc3c(C(C)(C)C)cccc23)cc1.CC(C)(C)c1ccc(-c2ccc3c(ccc4cc(C(C)(C)C)ccc43)c2)cc1.CC(C)(C)c1ccc(-c2cccc3c(C(C)(C)C)c4ccccc4cc23)cc1. The smallest absolute Gasteiger partial charge is 0.00267 e. The van der Waals surface area contributed by atoms with Crippen molar-refractivity contribution in [1.82, 2.24) is 0 Å². The lowest BCUT2D eigenvalue weighted by molar-refractivity contribution is 0.590. The largest absolute Gasteiger partial charge is 0.0616 e. The molecule has 0 radical (unpaired) electrons. The van der Waals surface area contributed by atoms with Gasteiger partial charge in [0.25, 0.3) is 0 Å². The Morgan fingerprint density at radius 3 is 1.14 bits per heavy atom. The van der Waals surface area contributed by atoms with E-state index in [0.29, 0.717) is 0 Å². The first-order chi connectivity index (χ1) is 39.4. The van der Waals surface area contributed by atoms with E-state index in [9.17, 15) is 0 Å². The van der Waals surface area contributed by atoms with Crippen molar-refractivity contribution in [1.29, 1.82) is 0 Å². The van der Waals surface area contributed by atoms with Crippen LogP contribution in [0.15, 0.2) is 218 Å². The van der Waals surface area contributed by atoms with Crippen LogP contribution >= 0.6 is 0 Å². The lowest BCUT2D eigenvalue weighted by atomic mass is 9.79. The van der Waals surface area contributed by atoms with Crippen molar-refractivity contribution in [2.24, 2.45) is 0 Å². The van der Waals surface area contributed by atoms with Gasteiger partial charge in [-0.05, 0) is 182 Å². The molecule has 0 unspecified atom stereocenters. The van der Waals surface area contributed by atoms with Crippen molar-refractivity contribution in [3.8, 4) is 33.4 Å². The van der Waals surface area contributed by atoms with Crippen molar-refractivity contribution in [3.63, 3.8) is 0 Å². The molecule has 0 heteroatoms. The lowest BCUT2D eigenvalue weighted by Gasteiger charge is -2.25. The van der Waals surface area contributed by atoms with Crippen LogP contribution in [-0.4, -0.2) is 0 Å². The summed E-state index contributed by atoms with van der Waals surface area (Å²) in [6, 6.07) is 81.4. The zero-order valence-electron chi connectivity index (χ0n) is 53.8. The topological polar surface area (TPSA) is 0 Å². The van der Waals surface area contributed by atoms with Crippen LogP contribution in [0.2, 0.25) is 0 Å². The fourth-order valence-corrected chi connectivity index (χ4v) is 12.4. The van der Waals surface area contributed by atoms with Gasteiger partial charge in [-0.3, -0.25) is 0 Å². The maximum Gasteiger partial charge on any atom is -0.00267 e. The minimum absolute atomic E-state index is 0.0772. The molecule has 84 heavy (non-hydrogen) atoms. The molecule has 12 aromatic carbocycles. The molecule has 0 amide bonds. The number of hydrogen-bond acceptors (Lipinski definition) is 0. The highest BCUT2D eigenvalue weighted by Crippen LogP contribution is 2.43. The van der Waals surface area contributed by atoms with Gasteiger partial charge in [0.2, 0.25) is 0 Å². The molecule has 0 aromatic heterocycles. The van der Waals surface area contributed by atoms with Crippen LogP contribution in [0.1, 0.15) is 158 Å². The molecule has 0 aliphatic rings. The van der Waals surface area contributed by atoms with Gasteiger partial charge in [-0.25, -0.2) is 0 Å². The normalized spacial score (nSPS) is 12.6. The van der Waals surface area contributed by atoms with E-state index in [1.165, 1.54) is 131 Å². The van der Waals surface area contributed by atoms with E-state index in [-0.39, 0.29) is 32.5 Å². The second-order valence-electron chi connectivity index (χ2n) is 29.9. The molecular formula is C84H90. The van der Waals surface area contributed by atoms with Gasteiger partial charge in [-0.15, -0.1) is 0 Å². The maximum absolute atomic E-state index is 2.37. The minimum atomic E-state index is 0.0772. The molecule has 0 N–H and O–H groups in total. The van der Waals surface area contributed by atoms with E-state index in [2.05, 4.69) is 343 Å². The van der Waals surface area contributed by atoms with Gasteiger partial charge in [0.15, 0.2) is 0 Å². The van der Waals surface area contributed by atoms with Crippen molar-refractivity contribution in [2.45, 2.75) is 157 Å². The van der Waals surface area contributed by atoms with E-state index in [4.69, 9.17) is 0 Å². The van der Waals surface area contributed by atoms with E-state index in [1.54, 1.807) is 0 Å². The van der Waals surface area contributed by atoms with Crippen LogP contribution in [0.4, 0.5) is 0 Å². The molecule has 0 heterocycles. The second kappa shape index (κ2) is 22.3. The number of fused-ring (bicyclic) bond motifs is 7. The molecule has 0 nitrogen and oxygen atoms in total. The summed E-state index contributed by atoms with van der Waals surface area (Å²) in [5.74, 6) is 0. The van der Waals surface area contributed by atoms with E-state index >= 15 is 0 Å². The molecule has 0 aliphatic heterocycles. The summed E-state index contributed by atoms with van der Waals surface area (Å²) in [7, 11) is 0. The van der Waals surface area contributed by atoms with Crippen molar-refractivity contribution >= 4 is 64.6 Å². The fraction of sp³-hybridized carbons (Fsp3) is 0.286. The van der Waals surface area contributed by atoms with E-state index < -0.39 is 0 Å². The number of hydrogen-bond donors (Lipinski definition) is 0. The highest BCUT2D eigenvalue weighted by molar-refractivity contribution is 6.14. The van der Waals surface area contributed by atoms with Crippen LogP contribution in [0.5, 0.6) is 0 Å². The fourth-order valence-electron chi connectivity index (χ4n) is 12.4. The standard InChI is InChI=1S/3C28H30/c1-27(2,3)23-12-9-19(10-13-23)20-11-15-25-21(17-20)7-8-22-18-24(28(4,5)6)14-16-26(22)25;1-27(2,3)21-16-14-19(15-17-21)22-12-9-13-24-25(22)18-20-10-7-8-11-23(20)26(24)28(4,5)6;1-27(2,3)21-16-14-19(15-17-21)26-22-11-8-7-10-20(22)18-24-23(26)12-9-13-25(24)28(4,5)6/h3*7-18H,1-6H3. The molecular weight excluding hydrogens is 1010 g/mol. The first-order valence-corrected chi connectivity index (χ1v) is 30.6. The lowest BCUT2D eigenvalue weighted by Crippen LogP contribution is -2.12. The molecule has 12 rings (SSSR count). The quantitative estimate of drug-likeness (QED) is 0.122. The highest BCUT2D eigenvalue weighted by atomic mass is 14.3. The molecule has 0 spiro atoms. The average Bonchev–Trinajstić information content (AvgIpc) is 1.53. The van der Waals surface area contributed by atoms with Crippen LogP contribution in [0.25, 0.3) is 98.0 Å². The van der Waals surface area contributed by atoms with Gasteiger partial charge >= 0.3 is 0 Å². The summed E-state index contributed by atoms with van der Waals surface area (Å²) in [6.07, 6.45) is 0. The Hall–Kier alpha value is -7.80. The first kappa shape index (κ1) is 59.4. The molecule has 0 atom stereocenters.